The van der Waals surface area contributed by atoms with E-state index in [0.717, 1.165) is 106 Å². The lowest BCUT2D eigenvalue weighted by atomic mass is 9.42. The molecule has 8 saturated carbocycles. The van der Waals surface area contributed by atoms with Crippen molar-refractivity contribution in [2.45, 2.75) is 99.8 Å². The van der Waals surface area contributed by atoms with E-state index in [1.54, 1.807) is 18.2 Å². The van der Waals surface area contributed by atoms with Gasteiger partial charge in [-0.25, -0.2) is 0 Å². The van der Waals surface area contributed by atoms with E-state index in [1.165, 1.54) is 24.8 Å². The molecular weight excluding hydrogens is 850 g/mol. The summed E-state index contributed by atoms with van der Waals surface area (Å²) in [5.41, 5.74) is 7.41. The minimum absolute atomic E-state index is 0.0756. The van der Waals surface area contributed by atoms with Crippen LogP contribution in [0.3, 0.4) is 0 Å². The minimum atomic E-state index is -1.56. The van der Waals surface area contributed by atoms with Gasteiger partial charge in [-0.3, -0.25) is 0 Å². The summed E-state index contributed by atoms with van der Waals surface area (Å²) in [6, 6.07) is 36.2. The summed E-state index contributed by atoms with van der Waals surface area (Å²) in [5.74, 6) is 3.55. The lowest BCUT2D eigenvalue weighted by molar-refractivity contribution is -0.141. The fourth-order valence-corrected chi connectivity index (χ4v) is 16.0. The van der Waals surface area contributed by atoms with Crippen molar-refractivity contribution in [2.75, 3.05) is 13.2 Å². The summed E-state index contributed by atoms with van der Waals surface area (Å²) in [6.45, 7) is -0.502. The van der Waals surface area contributed by atoms with Crippen LogP contribution in [0.15, 0.2) is 109 Å². The van der Waals surface area contributed by atoms with E-state index in [2.05, 4.69) is 42.5 Å². The summed E-state index contributed by atoms with van der Waals surface area (Å²) >= 11 is 0. The molecule has 6 aromatic carbocycles. The first-order valence-electron chi connectivity index (χ1n) is 25.2. The van der Waals surface area contributed by atoms with Gasteiger partial charge in [0.15, 0.2) is 0 Å². The van der Waals surface area contributed by atoms with Crippen molar-refractivity contribution in [3.8, 4) is 28.0 Å². The van der Waals surface area contributed by atoms with Gasteiger partial charge < -0.3 is 45.3 Å². The average Bonchev–Trinajstić information content (AvgIpc) is 3.33. The predicted molar refractivity (Wildman–Crippen MR) is 267 cm³/mol. The fourth-order valence-electron chi connectivity index (χ4n) is 16.0. The summed E-state index contributed by atoms with van der Waals surface area (Å²) in [7, 11) is -3.09. The van der Waals surface area contributed by atoms with Crippen LogP contribution in [0.1, 0.15) is 93.4 Å². The number of aliphatic hydroxyl groups is 4. The maximum absolute atomic E-state index is 13.3. The van der Waals surface area contributed by atoms with Crippen LogP contribution in [0.2, 0.25) is 0 Å². The second-order valence-corrected chi connectivity index (χ2v) is 22.5. The van der Waals surface area contributed by atoms with Gasteiger partial charge >= 0.3 is 14.2 Å². The average molecular weight is 913 g/mol. The molecule has 350 valence electrons. The normalized spacial score (nSPS) is 30.2. The number of hydrogen-bond acceptors (Lipinski definition) is 9. The van der Waals surface area contributed by atoms with Gasteiger partial charge in [-0.05, 0) is 202 Å². The van der Waals surface area contributed by atoms with Gasteiger partial charge in [-0.2, -0.15) is 0 Å². The Bertz CT molecular complexity index is 2850. The second-order valence-electron chi connectivity index (χ2n) is 22.5. The third-order valence-corrected chi connectivity index (χ3v) is 18.2. The summed E-state index contributed by atoms with van der Waals surface area (Å²) in [4.78, 5) is 0. The van der Waals surface area contributed by atoms with Crippen LogP contribution >= 0.6 is 0 Å². The predicted octanol–water partition coefficient (Wildman–Crippen LogP) is 6.67. The van der Waals surface area contributed by atoms with Crippen LogP contribution in [0.4, 0.5) is 0 Å². The van der Waals surface area contributed by atoms with Gasteiger partial charge in [0.1, 0.15) is 24.6 Å². The van der Waals surface area contributed by atoms with Crippen LogP contribution in [0.25, 0.3) is 43.8 Å². The second kappa shape index (κ2) is 17.1. The van der Waals surface area contributed by atoms with E-state index >= 15 is 0 Å². The molecule has 8 aliphatic carbocycles. The molecule has 0 amide bonds. The zero-order valence-corrected chi connectivity index (χ0v) is 38.5. The van der Waals surface area contributed by atoms with Crippen molar-refractivity contribution in [3.63, 3.8) is 0 Å². The Hall–Kier alpha value is -4.55. The molecule has 0 heterocycles. The van der Waals surface area contributed by atoms with E-state index in [9.17, 15) is 40.5 Å². The van der Waals surface area contributed by atoms with Gasteiger partial charge in [0.05, 0.1) is 12.7 Å². The van der Waals surface area contributed by atoms with Crippen molar-refractivity contribution in [2.24, 2.45) is 41.4 Å². The molecule has 6 unspecified atom stereocenters. The Morgan fingerprint density at radius 3 is 1.50 bits per heavy atom. The Morgan fingerprint density at radius 2 is 0.971 bits per heavy atom. The zero-order chi connectivity index (χ0) is 46.6. The molecule has 0 spiro atoms. The number of aliphatic hydroxyl groups excluding tert-OH is 4. The lowest BCUT2D eigenvalue weighted by Crippen LogP contribution is -2.59. The summed E-state index contributed by atoms with van der Waals surface area (Å²) in [6.07, 6.45) is 8.85. The molecule has 0 radical (unpaired) electrons. The van der Waals surface area contributed by atoms with Crippen LogP contribution in [-0.2, 0) is 10.8 Å². The lowest BCUT2D eigenvalue weighted by Gasteiger charge is -2.63. The highest BCUT2D eigenvalue weighted by molar-refractivity contribution is 6.59. The largest absolute Gasteiger partial charge is 0.490 e. The van der Waals surface area contributed by atoms with Crippen LogP contribution in [0, 0.1) is 41.4 Å². The highest BCUT2D eigenvalue weighted by Gasteiger charge is 2.62. The number of ether oxygens (including phenoxy) is 1. The maximum atomic E-state index is 13.3. The minimum Gasteiger partial charge on any atom is -0.490 e. The van der Waals surface area contributed by atoms with Gasteiger partial charge in [-0.15, -0.1) is 0 Å². The van der Waals surface area contributed by atoms with Crippen LogP contribution in [0.5, 0.6) is 5.75 Å². The third kappa shape index (κ3) is 7.64. The first kappa shape index (κ1) is 44.6. The van der Waals surface area contributed by atoms with Crippen molar-refractivity contribution in [1.29, 1.82) is 0 Å². The topological polar surface area (TPSA) is 171 Å². The highest BCUT2D eigenvalue weighted by Crippen LogP contribution is 2.67. The molecule has 8 N–H and O–H groups in total. The van der Waals surface area contributed by atoms with Crippen molar-refractivity contribution < 1.29 is 45.3 Å². The molecule has 14 rings (SSSR count). The summed E-state index contributed by atoms with van der Waals surface area (Å²) < 4.78 is 6.48. The van der Waals surface area contributed by atoms with Crippen molar-refractivity contribution in [1.82, 2.24) is 0 Å². The molecular formula is C57H62B2O9. The van der Waals surface area contributed by atoms with E-state index in [4.69, 9.17) is 4.74 Å². The van der Waals surface area contributed by atoms with E-state index in [-0.39, 0.29) is 23.9 Å². The molecule has 68 heavy (non-hydrogen) atoms. The Kier molecular flexibility index (Phi) is 11.2. The third-order valence-electron chi connectivity index (χ3n) is 18.2. The van der Waals surface area contributed by atoms with Crippen LogP contribution < -0.4 is 15.7 Å². The number of benzene rings is 6. The van der Waals surface area contributed by atoms with E-state index in [0.29, 0.717) is 46.3 Å². The molecule has 8 fully saturated rings. The van der Waals surface area contributed by atoms with Gasteiger partial charge in [0, 0.05) is 16.9 Å². The first-order valence-corrected chi connectivity index (χ1v) is 25.2. The molecule has 8 bridgehead atoms. The summed E-state index contributed by atoms with van der Waals surface area (Å²) in [5, 5.41) is 89.9. The van der Waals surface area contributed by atoms with Gasteiger partial charge in [0.2, 0.25) is 0 Å². The first-order chi connectivity index (χ1) is 32.8. The zero-order valence-electron chi connectivity index (χ0n) is 38.5. The van der Waals surface area contributed by atoms with Crippen LogP contribution in [-0.4, -0.2) is 80.2 Å². The molecule has 9 nitrogen and oxygen atoms in total. The van der Waals surface area contributed by atoms with Crippen molar-refractivity contribution >= 4 is 46.7 Å². The molecule has 0 saturated heterocycles. The number of fused-ring (bicyclic) bond motifs is 2. The maximum Gasteiger partial charge on any atom is 0.488 e. The molecule has 8 aliphatic rings. The Morgan fingerprint density at radius 1 is 0.515 bits per heavy atom. The standard InChI is InChI=1S/C57H62B2O9/c60-30-48(61)31-68-52-12-8-44(38-2-4-42-22-47(59(66)67)10-6-40(42)20-38)24-51(52)57-28-35-16-36(29-57)18-45(17-35)53(57)55(63)54(62)49-11-7-43(37-1-3-41-21-46(58(64)65)9-5-39(41)19-37)23-50(49)56-25-32-13-33(26-56)15-34(14-32)27-56/h1-12,19-24,32-36,45,48,53-55,60-67H,13-18,25-31H2. The fraction of sp³-hybridized carbons (Fsp3) is 0.439. The van der Waals surface area contributed by atoms with Crippen molar-refractivity contribution in [3.05, 3.63) is 126 Å². The quantitative estimate of drug-likeness (QED) is 0.0590. The molecule has 6 aromatic rings. The molecule has 11 heteroatoms. The Labute approximate surface area is 398 Å². The SMILES string of the molecule is OCC(O)COc1ccc(-c2ccc3cc(B(O)O)ccc3c2)cc1C12CC3CC(CC(C3)C1C(O)C(O)c1ccc(-c3ccc4cc(B(O)O)ccc4c3)cc1C13CC4CC(CC(C4)C1)C3)C2. The van der Waals surface area contributed by atoms with E-state index in [1.807, 2.05) is 48.5 Å². The molecule has 0 aromatic heterocycles. The smallest absolute Gasteiger partial charge is 0.488 e. The monoisotopic (exact) mass is 912 g/mol. The molecule has 0 aliphatic heterocycles. The van der Waals surface area contributed by atoms with E-state index < -0.39 is 44.6 Å². The number of rotatable bonds is 13. The Balaban J connectivity index is 0.958. The highest BCUT2D eigenvalue weighted by atomic mass is 16.5. The number of hydrogen-bond donors (Lipinski definition) is 8. The van der Waals surface area contributed by atoms with Gasteiger partial charge in [-0.1, -0.05) is 84.9 Å². The molecule has 6 atom stereocenters. The van der Waals surface area contributed by atoms with Gasteiger partial charge in [0.25, 0.3) is 0 Å².